The van der Waals surface area contributed by atoms with Crippen molar-refractivity contribution >= 4 is 17.1 Å². The minimum atomic E-state index is -0.148. The molecule has 3 fully saturated rings. The summed E-state index contributed by atoms with van der Waals surface area (Å²) >= 11 is 0. The van der Waals surface area contributed by atoms with Crippen molar-refractivity contribution in [2.45, 2.75) is 88.9 Å². The minimum Gasteiger partial charge on any atom is -0.310 e. The van der Waals surface area contributed by atoms with Crippen LogP contribution in [0.15, 0.2) is 164 Å². The molecule has 59 heavy (non-hydrogen) atoms. The molecule has 3 saturated carbocycles. The van der Waals surface area contributed by atoms with E-state index in [1.54, 1.807) is 5.56 Å². The van der Waals surface area contributed by atoms with Gasteiger partial charge < -0.3 is 4.90 Å². The average molecular weight is 766 g/mol. The Morgan fingerprint density at radius 3 is 1.56 bits per heavy atom. The molecule has 3 unspecified atom stereocenters. The molecule has 0 aromatic heterocycles. The van der Waals surface area contributed by atoms with Gasteiger partial charge in [0.1, 0.15) is 0 Å². The van der Waals surface area contributed by atoms with Crippen LogP contribution in [-0.2, 0) is 5.41 Å². The maximum atomic E-state index is 2.48. The number of anilines is 3. The molecule has 4 aliphatic carbocycles. The molecule has 0 N–H and O–H groups in total. The van der Waals surface area contributed by atoms with E-state index in [0.29, 0.717) is 5.92 Å². The molecule has 0 aliphatic heterocycles. The van der Waals surface area contributed by atoms with Crippen LogP contribution < -0.4 is 4.90 Å². The minimum absolute atomic E-state index is 0.148. The molecule has 0 amide bonds. The predicted molar refractivity (Wildman–Crippen MR) is 249 cm³/mol. The Bertz CT molecular complexity index is 2590. The van der Waals surface area contributed by atoms with E-state index >= 15 is 0 Å². The van der Waals surface area contributed by atoms with Gasteiger partial charge in [0, 0.05) is 22.5 Å². The van der Waals surface area contributed by atoms with Crippen LogP contribution in [0.4, 0.5) is 17.1 Å². The lowest BCUT2D eigenvalue weighted by Gasteiger charge is -2.29. The van der Waals surface area contributed by atoms with E-state index in [0.717, 1.165) is 17.8 Å². The molecule has 0 heterocycles. The Kier molecular flexibility index (Phi) is 9.18. The second-order valence-corrected chi connectivity index (χ2v) is 18.8. The lowest BCUT2D eigenvalue weighted by Crippen LogP contribution is -2.16. The van der Waals surface area contributed by atoms with Crippen LogP contribution in [0.1, 0.15) is 106 Å². The van der Waals surface area contributed by atoms with E-state index in [1.807, 2.05) is 0 Å². The fourth-order valence-electron chi connectivity index (χ4n) is 11.7. The first-order chi connectivity index (χ1) is 29.0. The van der Waals surface area contributed by atoms with E-state index in [2.05, 4.69) is 183 Å². The number of benzene rings is 7. The highest BCUT2D eigenvalue weighted by molar-refractivity contribution is 5.87. The summed E-state index contributed by atoms with van der Waals surface area (Å²) in [7, 11) is 0. The van der Waals surface area contributed by atoms with Crippen LogP contribution in [0.25, 0.3) is 44.5 Å². The Hall–Kier alpha value is -5.66. The van der Waals surface area contributed by atoms with Gasteiger partial charge in [-0.05, 0) is 165 Å². The molecule has 7 aromatic rings. The van der Waals surface area contributed by atoms with Gasteiger partial charge in [-0.2, -0.15) is 0 Å². The van der Waals surface area contributed by atoms with Crippen LogP contribution in [0.3, 0.4) is 0 Å². The van der Waals surface area contributed by atoms with E-state index in [4.69, 9.17) is 0 Å². The first kappa shape index (κ1) is 36.4. The molecule has 1 heteroatoms. The van der Waals surface area contributed by atoms with Crippen molar-refractivity contribution in [3.63, 3.8) is 0 Å². The van der Waals surface area contributed by atoms with E-state index < -0.39 is 0 Å². The summed E-state index contributed by atoms with van der Waals surface area (Å²) in [6, 6.07) is 62.4. The molecule has 292 valence electrons. The van der Waals surface area contributed by atoms with Gasteiger partial charge in [-0.25, -0.2) is 0 Å². The van der Waals surface area contributed by atoms with Crippen LogP contribution in [0.2, 0.25) is 0 Å². The molecular formula is C58H55N. The number of hydrogen-bond donors (Lipinski definition) is 0. The van der Waals surface area contributed by atoms with Crippen molar-refractivity contribution in [1.29, 1.82) is 0 Å². The third kappa shape index (κ3) is 6.64. The second-order valence-electron chi connectivity index (χ2n) is 18.8. The summed E-state index contributed by atoms with van der Waals surface area (Å²) < 4.78 is 0. The SMILES string of the molecule is CC1(C)c2cc(-c3ccc(-c4ccccc4)cc3)ccc2-c2ccc(N(c3ccc(-c4ccc(C5CC6CCC5C6)cc4)cc3)c3ccc(C4CCCCC4)cc3)cc21. The normalized spacial score (nSPS) is 20.3. The Morgan fingerprint density at radius 1 is 0.424 bits per heavy atom. The van der Waals surface area contributed by atoms with Gasteiger partial charge in [0.15, 0.2) is 0 Å². The highest BCUT2D eigenvalue weighted by Crippen LogP contribution is 2.54. The van der Waals surface area contributed by atoms with Gasteiger partial charge in [-0.15, -0.1) is 0 Å². The lowest BCUT2D eigenvalue weighted by molar-refractivity contribution is 0.420. The number of rotatable bonds is 8. The maximum absolute atomic E-state index is 2.48. The van der Waals surface area contributed by atoms with Crippen LogP contribution >= 0.6 is 0 Å². The fraction of sp³-hybridized carbons (Fsp3) is 0.276. The van der Waals surface area contributed by atoms with Gasteiger partial charge in [0.2, 0.25) is 0 Å². The third-order valence-corrected chi connectivity index (χ3v) is 15.0. The van der Waals surface area contributed by atoms with Gasteiger partial charge in [0.25, 0.3) is 0 Å². The van der Waals surface area contributed by atoms with Crippen LogP contribution in [-0.4, -0.2) is 0 Å². The first-order valence-corrected chi connectivity index (χ1v) is 22.5. The molecule has 11 rings (SSSR count). The van der Waals surface area contributed by atoms with Crippen LogP contribution in [0.5, 0.6) is 0 Å². The largest absolute Gasteiger partial charge is 0.310 e. The first-order valence-electron chi connectivity index (χ1n) is 22.5. The maximum Gasteiger partial charge on any atom is 0.0465 e. The Balaban J connectivity index is 0.915. The van der Waals surface area contributed by atoms with Crippen molar-refractivity contribution in [3.8, 4) is 44.5 Å². The molecule has 2 bridgehead atoms. The summed E-state index contributed by atoms with van der Waals surface area (Å²) in [4.78, 5) is 2.48. The van der Waals surface area contributed by atoms with Crippen molar-refractivity contribution < 1.29 is 0 Å². The lowest BCUT2D eigenvalue weighted by atomic mass is 9.81. The van der Waals surface area contributed by atoms with E-state index in [-0.39, 0.29) is 5.41 Å². The van der Waals surface area contributed by atoms with Crippen molar-refractivity contribution in [2.75, 3.05) is 4.90 Å². The van der Waals surface area contributed by atoms with Crippen molar-refractivity contribution in [3.05, 3.63) is 186 Å². The molecule has 4 aliphatic rings. The second kappa shape index (κ2) is 14.9. The monoisotopic (exact) mass is 765 g/mol. The summed E-state index contributed by atoms with van der Waals surface area (Å²) in [5.74, 6) is 3.34. The molecule has 3 atom stereocenters. The number of nitrogens with zero attached hydrogens (tertiary/aromatic N) is 1. The highest BCUT2D eigenvalue weighted by atomic mass is 15.1. The summed E-state index contributed by atoms with van der Waals surface area (Å²) in [5, 5.41) is 0. The van der Waals surface area contributed by atoms with Crippen molar-refractivity contribution in [1.82, 2.24) is 0 Å². The quantitative estimate of drug-likeness (QED) is 0.149. The Labute approximate surface area is 351 Å². The Morgan fingerprint density at radius 2 is 0.932 bits per heavy atom. The van der Waals surface area contributed by atoms with E-state index in [1.165, 1.54) is 136 Å². The zero-order chi connectivity index (χ0) is 39.5. The fourth-order valence-corrected chi connectivity index (χ4v) is 11.7. The summed E-state index contributed by atoms with van der Waals surface area (Å²) in [6.07, 6.45) is 12.4. The highest BCUT2D eigenvalue weighted by Gasteiger charge is 2.40. The summed E-state index contributed by atoms with van der Waals surface area (Å²) in [5.41, 5.74) is 19.6. The van der Waals surface area contributed by atoms with Crippen molar-refractivity contribution in [2.24, 2.45) is 11.8 Å². The molecule has 0 radical (unpaired) electrons. The average Bonchev–Trinajstić information content (AvgIpc) is 4.00. The molecule has 1 nitrogen and oxygen atoms in total. The topological polar surface area (TPSA) is 3.24 Å². The zero-order valence-corrected chi connectivity index (χ0v) is 34.7. The molecule has 0 spiro atoms. The van der Waals surface area contributed by atoms with Gasteiger partial charge in [-0.1, -0.05) is 161 Å². The third-order valence-electron chi connectivity index (χ3n) is 15.0. The smallest absolute Gasteiger partial charge is 0.0465 e. The standard InChI is InChI=1S/C58H55N/c1-58(2)56-37-48(46-17-15-42(16-18-46)40-9-5-3-6-10-40)27-33-53(56)54-34-32-52(38-57(54)58)59(50-28-23-44(24-29-50)41-11-7-4-8-12-41)51-30-25-45(26-31-51)43-19-21-47(22-20-43)55-36-39-13-14-49(55)35-39/h3,5-6,9-10,15-34,37-39,41,49,55H,4,7-8,11-14,35-36H2,1-2H3. The van der Waals surface area contributed by atoms with E-state index in [9.17, 15) is 0 Å². The van der Waals surface area contributed by atoms with Gasteiger partial charge in [0.05, 0.1) is 0 Å². The van der Waals surface area contributed by atoms with Gasteiger partial charge in [-0.3, -0.25) is 0 Å². The molecule has 0 saturated heterocycles. The summed E-state index contributed by atoms with van der Waals surface area (Å²) in [6.45, 7) is 4.81. The zero-order valence-electron chi connectivity index (χ0n) is 34.7. The predicted octanol–water partition coefficient (Wildman–Crippen LogP) is 16.4. The molecular weight excluding hydrogens is 711 g/mol. The van der Waals surface area contributed by atoms with Crippen LogP contribution in [0, 0.1) is 11.8 Å². The number of hydrogen-bond acceptors (Lipinski definition) is 1. The number of fused-ring (bicyclic) bond motifs is 5. The van der Waals surface area contributed by atoms with Gasteiger partial charge >= 0.3 is 0 Å². The molecule has 7 aromatic carbocycles.